The molecule has 0 radical (unpaired) electrons. The number of aromatic nitrogens is 12. The summed E-state index contributed by atoms with van der Waals surface area (Å²) in [6.07, 6.45) is 3.79. The lowest BCUT2D eigenvalue weighted by Gasteiger charge is -2.14. The molecule has 0 unspecified atom stereocenters. The van der Waals surface area contributed by atoms with Crippen LogP contribution < -0.4 is 0 Å². The summed E-state index contributed by atoms with van der Waals surface area (Å²) in [5, 5.41) is 19.9. The summed E-state index contributed by atoms with van der Waals surface area (Å²) < 4.78 is 0. The average molecular weight is 1760 g/mol. The predicted molar refractivity (Wildman–Crippen MR) is 565 cm³/mol. The molecule has 640 valence electrons. The minimum atomic E-state index is 0.551. The Labute approximate surface area is 793 Å². The minimum absolute atomic E-state index is 0.551. The van der Waals surface area contributed by atoms with Crippen molar-refractivity contribution in [3.63, 3.8) is 0 Å². The molecule has 12 nitrogen and oxygen atoms in total. The molecule has 0 aliphatic carbocycles. The number of hydrogen-bond donors (Lipinski definition) is 0. The van der Waals surface area contributed by atoms with Crippen LogP contribution in [0.3, 0.4) is 0 Å². The van der Waals surface area contributed by atoms with Crippen LogP contribution in [0, 0.1) is 0 Å². The Morgan fingerprint density at radius 1 is 0.116 bits per heavy atom. The molecule has 26 aromatic rings. The molecule has 0 aliphatic rings. The van der Waals surface area contributed by atoms with E-state index in [1.807, 2.05) is 12.4 Å². The fraction of sp³-hybridized carbons (Fsp3) is 0. The van der Waals surface area contributed by atoms with Crippen LogP contribution in [0.2, 0.25) is 0 Å². The van der Waals surface area contributed by atoms with Crippen molar-refractivity contribution in [2.75, 3.05) is 0 Å². The molecule has 20 aromatic carbocycles. The molecule has 0 aliphatic heterocycles. The highest BCUT2D eigenvalue weighted by Gasteiger charge is 2.24. The van der Waals surface area contributed by atoms with E-state index in [1.54, 1.807) is 0 Å². The molecule has 0 saturated heterocycles. The van der Waals surface area contributed by atoms with Gasteiger partial charge in [0.25, 0.3) is 0 Å². The maximum atomic E-state index is 5.61. The Morgan fingerprint density at radius 3 is 0.877 bits per heavy atom. The van der Waals surface area contributed by atoms with Crippen molar-refractivity contribution in [2.24, 2.45) is 0 Å². The standard InChI is InChI=1S/C126H76N12/c1-3-24-92-73-97(65-43-77(92)19-1)123-133-121(134-124(135-123)98-66-44-78-20-2-4-25-93(78)74-98)90-61-51-85(52-62-90)116-111-40-17-36-103(109(111)70-72-128-116)96-67-68-104-94(75-96)29-15-34-99(104)82-45-55-87(56-46-82)118-130-119(132-120(131-118)89-59-49-84(50-60-89)115-105-32-11-7-23-81(105)69-71-127-115)88-57-47-83(48-58-88)100-35-16-38-108-107(100)37-18-39-110(108)114-76-95-26-8-12-33-106(95)117(129-114)86-53-63-91(64-54-86)122-136-125(112-41-13-27-79-21-5-9-30-101(79)112)138-126(137-122)113-42-14-28-80-22-6-10-31-102(80)113/h1-76H. The van der Waals surface area contributed by atoms with Crippen LogP contribution in [0.25, 0.3) is 278 Å². The Kier molecular flexibility index (Phi) is 19.6. The molecule has 138 heavy (non-hydrogen) atoms. The maximum Gasteiger partial charge on any atom is 0.164 e. The summed E-state index contributed by atoms with van der Waals surface area (Å²) >= 11 is 0. The van der Waals surface area contributed by atoms with E-state index in [4.69, 9.17) is 59.8 Å². The van der Waals surface area contributed by atoms with Crippen molar-refractivity contribution in [1.29, 1.82) is 0 Å². The molecular formula is C126H76N12. The molecular weight excluding hydrogens is 1680 g/mol. The Hall–Kier alpha value is -18.8. The van der Waals surface area contributed by atoms with Crippen molar-refractivity contribution >= 4 is 97.0 Å². The predicted octanol–water partition coefficient (Wildman–Crippen LogP) is 31.5. The topological polar surface area (TPSA) is 155 Å². The normalized spacial score (nSPS) is 11.6. The van der Waals surface area contributed by atoms with Crippen LogP contribution in [-0.2, 0) is 0 Å². The van der Waals surface area contributed by atoms with Crippen molar-refractivity contribution in [1.82, 2.24) is 59.8 Å². The molecule has 0 fully saturated rings. The fourth-order valence-corrected chi connectivity index (χ4v) is 19.8. The van der Waals surface area contributed by atoms with Gasteiger partial charge in [-0.2, -0.15) is 0 Å². The van der Waals surface area contributed by atoms with Crippen molar-refractivity contribution in [3.8, 4) is 181 Å². The molecule has 12 heteroatoms. The molecule has 0 atom stereocenters. The van der Waals surface area contributed by atoms with Crippen LogP contribution in [0.5, 0.6) is 0 Å². The molecule has 26 rings (SSSR count). The number of pyridine rings is 3. The molecule has 6 heterocycles. The highest BCUT2D eigenvalue weighted by molar-refractivity contribution is 6.09. The maximum absolute atomic E-state index is 5.61. The zero-order valence-corrected chi connectivity index (χ0v) is 74.2. The van der Waals surface area contributed by atoms with Crippen molar-refractivity contribution < 1.29 is 0 Å². The van der Waals surface area contributed by atoms with E-state index in [0.29, 0.717) is 52.4 Å². The van der Waals surface area contributed by atoms with Gasteiger partial charge in [0, 0.05) is 101 Å². The van der Waals surface area contributed by atoms with E-state index in [-0.39, 0.29) is 0 Å². The third kappa shape index (κ3) is 14.7. The second-order valence-electron chi connectivity index (χ2n) is 34.9. The summed E-state index contributed by atoms with van der Waals surface area (Å²) in [6, 6.07) is 158. The highest BCUT2D eigenvalue weighted by Crippen LogP contribution is 2.44. The van der Waals surface area contributed by atoms with Gasteiger partial charge in [-0.05, 0) is 151 Å². The Bertz CT molecular complexity index is 9180. The molecule has 0 N–H and O–H groups in total. The minimum Gasteiger partial charge on any atom is -0.256 e. The molecule has 6 aromatic heterocycles. The fourth-order valence-electron chi connectivity index (χ4n) is 19.8. The van der Waals surface area contributed by atoms with Crippen LogP contribution in [0.1, 0.15) is 0 Å². The van der Waals surface area contributed by atoms with Gasteiger partial charge < -0.3 is 0 Å². The summed E-state index contributed by atoms with van der Waals surface area (Å²) in [6.45, 7) is 0. The van der Waals surface area contributed by atoms with E-state index in [9.17, 15) is 0 Å². The van der Waals surface area contributed by atoms with E-state index in [2.05, 4.69) is 449 Å². The number of rotatable bonds is 16. The first kappa shape index (κ1) is 80.1. The Balaban J connectivity index is 0.501. The summed E-state index contributed by atoms with van der Waals surface area (Å²) in [5.74, 6) is 5.27. The summed E-state index contributed by atoms with van der Waals surface area (Å²) in [7, 11) is 0. The van der Waals surface area contributed by atoms with Crippen LogP contribution >= 0.6 is 0 Å². The van der Waals surface area contributed by atoms with Gasteiger partial charge in [0.1, 0.15) is 0 Å². The first-order chi connectivity index (χ1) is 68.3. The molecule has 0 bridgehead atoms. The second-order valence-corrected chi connectivity index (χ2v) is 34.9. The lowest BCUT2D eigenvalue weighted by Crippen LogP contribution is -2.01. The molecule has 0 spiro atoms. The van der Waals surface area contributed by atoms with Gasteiger partial charge in [-0.15, -0.1) is 0 Å². The monoisotopic (exact) mass is 1760 g/mol. The van der Waals surface area contributed by atoms with Gasteiger partial charge in [-0.1, -0.05) is 413 Å². The van der Waals surface area contributed by atoms with Gasteiger partial charge in [-0.25, -0.2) is 49.8 Å². The SMILES string of the molecule is c1ccc2cc(-c3nc(-c4ccc(-c5nccc6c(-c7ccc8c(-c9ccc(-c%10nc(-c%11ccc(-c%12nccc%13ccccc%12%13)cc%11)nc(-c%11ccc(-c%12cccc%13c(-c%14cc%15ccccc%15c(-c%15ccc(-c%16nc(-c%17cccc%18ccccc%17%18)nc(-c%17cccc%18ccccc%17%18)n%16)cc%15)n%14)cccc%12%13)cc%11)n%10)cc9)cccc8c7)cccc56)cc4)nc(-c4ccc5ccccc5c4)n3)ccc2c1. The van der Waals surface area contributed by atoms with Gasteiger partial charge in [-0.3, -0.25) is 9.97 Å². The van der Waals surface area contributed by atoms with Gasteiger partial charge >= 0.3 is 0 Å². The summed E-state index contributed by atoms with van der Waals surface area (Å²) in [5.41, 5.74) is 22.1. The van der Waals surface area contributed by atoms with E-state index >= 15 is 0 Å². The number of nitrogens with zero attached hydrogens (tertiary/aromatic N) is 12. The molecule has 0 amide bonds. The van der Waals surface area contributed by atoms with Gasteiger partial charge in [0.2, 0.25) is 0 Å². The van der Waals surface area contributed by atoms with Crippen LogP contribution in [0.15, 0.2) is 461 Å². The van der Waals surface area contributed by atoms with E-state index in [1.165, 1.54) is 0 Å². The van der Waals surface area contributed by atoms with E-state index < -0.39 is 0 Å². The van der Waals surface area contributed by atoms with Crippen molar-refractivity contribution in [2.45, 2.75) is 0 Å². The largest absolute Gasteiger partial charge is 0.256 e. The zero-order chi connectivity index (χ0) is 91.1. The smallest absolute Gasteiger partial charge is 0.164 e. The number of hydrogen-bond acceptors (Lipinski definition) is 12. The van der Waals surface area contributed by atoms with Crippen LogP contribution in [-0.4, -0.2) is 59.8 Å². The molecule has 0 saturated carbocycles. The quantitative estimate of drug-likeness (QED) is 0.0904. The van der Waals surface area contributed by atoms with Crippen molar-refractivity contribution in [3.05, 3.63) is 461 Å². The number of benzene rings is 20. The second kappa shape index (κ2) is 33.8. The van der Waals surface area contributed by atoms with Gasteiger partial charge in [0.15, 0.2) is 52.4 Å². The number of fused-ring (bicyclic) bond motifs is 9. The lowest BCUT2D eigenvalue weighted by atomic mass is 9.92. The van der Waals surface area contributed by atoms with Crippen LogP contribution in [0.4, 0.5) is 0 Å². The van der Waals surface area contributed by atoms with E-state index in [0.717, 1.165) is 225 Å². The first-order valence-electron chi connectivity index (χ1n) is 46.3. The zero-order valence-electron chi connectivity index (χ0n) is 74.2. The highest BCUT2D eigenvalue weighted by atomic mass is 15.1. The van der Waals surface area contributed by atoms with Gasteiger partial charge in [0.05, 0.1) is 22.8 Å². The third-order valence-corrected chi connectivity index (χ3v) is 26.8. The first-order valence-corrected chi connectivity index (χ1v) is 46.3. The average Bonchev–Trinajstić information content (AvgIpc) is 0.759. The lowest BCUT2D eigenvalue weighted by molar-refractivity contribution is 1.07. The third-order valence-electron chi connectivity index (χ3n) is 26.8. The summed E-state index contributed by atoms with van der Waals surface area (Å²) in [4.78, 5) is 62.7. The Morgan fingerprint density at radius 2 is 0.384 bits per heavy atom.